The Kier molecular flexibility index (Phi) is 4.76. The maximum Gasteiger partial charge on any atom is 0.128 e. The molecular weight excluding hydrogens is 290 g/mol. The van der Waals surface area contributed by atoms with Crippen LogP contribution in [0.15, 0.2) is 59.3 Å². The number of hydrogen-bond donors (Lipinski definition) is 0. The second kappa shape index (κ2) is 6.95. The predicted molar refractivity (Wildman–Crippen MR) is 94.8 cm³/mol. The average Bonchev–Trinajstić information content (AvgIpc) is 3.05. The molecule has 0 fully saturated rings. The summed E-state index contributed by atoms with van der Waals surface area (Å²) in [6.45, 7) is 1.01. The van der Waals surface area contributed by atoms with E-state index in [4.69, 9.17) is 4.74 Å². The van der Waals surface area contributed by atoms with Crippen molar-refractivity contribution in [3.05, 3.63) is 64.9 Å². The highest BCUT2D eigenvalue weighted by Gasteiger charge is 2.15. The molecule has 0 saturated heterocycles. The minimum Gasteiger partial charge on any atom is -0.485 e. The number of ether oxygens (including phenoxy) is 1. The Labute approximate surface area is 136 Å². The van der Waals surface area contributed by atoms with Crippen LogP contribution in [0.5, 0.6) is 5.75 Å². The molecule has 0 unspecified atom stereocenters. The van der Waals surface area contributed by atoms with Crippen molar-refractivity contribution in [2.24, 2.45) is 0 Å². The first-order valence-electron chi connectivity index (χ1n) is 7.55. The summed E-state index contributed by atoms with van der Waals surface area (Å²) in [7, 11) is 4.20. The molecule has 0 amide bonds. The Morgan fingerprint density at radius 2 is 1.86 bits per heavy atom. The molecule has 2 aromatic carbocycles. The average molecular weight is 311 g/mol. The van der Waals surface area contributed by atoms with Crippen molar-refractivity contribution in [3.63, 3.8) is 0 Å². The molecule has 0 bridgehead atoms. The summed E-state index contributed by atoms with van der Waals surface area (Å²) in [6, 6.07) is 16.8. The number of benzene rings is 2. The van der Waals surface area contributed by atoms with Gasteiger partial charge in [0, 0.05) is 23.9 Å². The first kappa shape index (κ1) is 15.1. The van der Waals surface area contributed by atoms with Gasteiger partial charge in [-0.1, -0.05) is 36.4 Å². The largest absolute Gasteiger partial charge is 0.485 e. The van der Waals surface area contributed by atoms with Crippen LogP contribution in [0, 0.1) is 0 Å². The summed E-state index contributed by atoms with van der Waals surface area (Å²) in [5.41, 5.74) is 1.26. The SMILES string of the molecule is CN(C)CC[C@@H](Oc1cccc2ccccc12)c1ccsc1. The van der Waals surface area contributed by atoms with Gasteiger partial charge in [0.2, 0.25) is 0 Å². The molecule has 0 aliphatic heterocycles. The van der Waals surface area contributed by atoms with Crippen molar-refractivity contribution < 1.29 is 4.74 Å². The first-order chi connectivity index (χ1) is 10.7. The van der Waals surface area contributed by atoms with Crippen molar-refractivity contribution in [1.82, 2.24) is 4.90 Å². The van der Waals surface area contributed by atoms with Gasteiger partial charge < -0.3 is 9.64 Å². The third-order valence-corrected chi connectivity index (χ3v) is 4.47. The molecule has 114 valence electrons. The molecule has 3 heteroatoms. The fraction of sp³-hybridized carbons (Fsp3) is 0.263. The quantitative estimate of drug-likeness (QED) is 0.637. The second-order valence-electron chi connectivity index (χ2n) is 5.73. The van der Waals surface area contributed by atoms with Gasteiger partial charge >= 0.3 is 0 Å². The maximum absolute atomic E-state index is 6.40. The van der Waals surface area contributed by atoms with Crippen LogP contribution in [0.4, 0.5) is 0 Å². The van der Waals surface area contributed by atoms with Gasteiger partial charge in [-0.2, -0.15) is 11.3 Å². The van der Waals surface area contributed by atoms with E-state index in [1.807, 2.05) is 0 Å². The fourth-order valence-electron chi connectivity index (χ4n) is 2.58. The number of rotatable bonds is 6. The van der Waals surface area contributed by atoms with E-state index < -0.39 is 0 Å². The third kappa shape index (κ3) is 3.49. The van der Waals surface area contributed by atoms with Crippen LogP contribution >= 0.6 is 11.3 Å². The Bertz CT molecular complexity index is 716. The standard InChI is InChI=1S/C19H21NOS/c1-20(2)12-10-18(16-11-13-22-14-16)21-19-9-5-7-15-6-3-4-8-17(15)19/h3-9,11,13-14,18H,10,12H2,1-2H3/t18-/m1/s1. The van der Waals surface area contributed by atoms with E-state index in [1.165, 1.54) is 16.3 Å². The summed E-state index contributed by atoms with van der Waals surface area (Å²) in [5.74, 6) is 0.966. The molecule has 3 rings (SSSR count). The maximum atomic E-state index is 6.40. The van der Waals surface area contributed by atoms with Crippen LogP contribution in [-0.4, -0.2) is 25.5 Å². The molecule has 1 heterocycles. The summed E-state index contributed by atoms with van der Waals surface area (Å²) in [4.78, 5) is 2.20. The van der Waals surface area contributed by atoms with Crippen LogP contribution in [-0.2, 0) is 0 Å². The molecule has 0 spiro atoms. The molecule has 0 aliphatic rings. The van der Waals surface area contributed by atoms with Crippen LogP contribution in [0.2, 0.25) is 0 Å². The van der Waals surface area contributed by atoms with Gasteiger partial charge in [-0.3, -0.25) is 0 Å². The van der Waals surface area contributed by atoms with E-state index in [0.29, 0.717) is 0 Å². The molecular formula is C19H21NOS. The molecule has 22 heavy (non-hydrogen) atoms. The highest BCUT2D eigenvalue weighted by Crippen LogP contribution is 2.31. The van der Waals surface area contributed by atoms with Gasteiger partial charge in [-0.05, 0) is 42.4 Å². The van der Waals surface area contributed by atoms with Gasteiger partial charge in [-0.15, -0.1) is 0 Å². The van der Waals surface area contributed by atoms with Crippen molar-refractivity contribution in [1.29, 1.82) is 0 Å². The molecule has 0 N–H and O–H groups in total. The fourth-order valence-corrected chi connectivity index (χ4v) is 3.28. The lowest BCUT2D eigenvalue weighted by Gasteiger charge is -2.21. The van der Waals surface area contributed by atoms with E-state index in [0.717, 1.165) is 18.7 Å². The minimum absolute atomic E-state index is 0.0967. The van der Waals surface area contributed by atoms with Crippen molar-refractivity contribution >= 4 is 22.1 Å². The summed E-state index contributed by atoms with van der Waals surface area (Å²) in [5, 5.41) is 6.70. The molecule has 1 aromatic heterocycles. The van der Waals surface area contributed by atoms with E-state index in [9.17, 15) is 0 Å². The lowest BCUT2D eigenvalue weighted by Crippen LogP contribution is -2.18. The Hall–Kier alpha value is -1.84. The van der Waals surface area contributed by atoms with E-state index in [1.54, 1.807) is 11.3 Å². The summed E-state index contributed by atoms with van der Waals surface area (Å²) < 4.78 is 6.40. The summed E-state index contributed by atoms with van der Waals surface area (Å²) in [6.07, 6.45) is 1.08. The van der Waals surface area contributed by atoms with Crippen molar-refractivity contribution in [2.75, 3.05) is 20.6 Å². The Balaban J connectivity index is 1.88. The van der Waals surface area contributed by atoms with E-state index >= 15 is 0 Å². The normalized spacial score (nSPS) is 12.7. The number of fused-ring (bicyclic) bond motifs is 1. The monoisotopic (exact) mass is 311 g/mol. The molecule has 2 nitrogen and oxygen atoms in total. The van der Waals surface area contributed by atoms with Crippen LogP contribution < -0.4 is 4.74 Å². The zero-order valence-electron chi connectivity index (χ0n) is 13.0. The second-order valence-corrected chi connectivity index (χ2v) is 6.51. The van der Waals surface area contributed by atoms with Gasteiger partial charge in [0.1, 0.15) is 11.9 Å². The lowest BCUT2D eigenvalue weighted by molar-refractivity contribution is 0.182. The van der Waals surface area contributed by atoms with Gasteiger partial charge in [0.15, 0.2) is 0 Å². The first-order valence-corrected chi connectivity index (χ1v) is 8.49. The number of nitrogens with zero attached hydrogens (tertiary/aromatic N) is 1. The number of hydrogen-bond acceptors (Lipinski definition) is 3. The molecule has 3 aromatic rings. The topological polar surface area (TPSA) is 12.5 Å². The minimum atomic E-state index is 0.0967. The highest BCUT2D eigenvalue weighted by atomic mass is 32.1. The van der Waals surface area contributed by atoms with Crippen molar-refractivity contribution in [3.8, 4) is 5.75 Å². The van der Waals surface area contributed by atoms with Gasteiger partial charge in [0.25, 0.3) is 0 Å². The zero-order chi connectivity index (χ0) is 15.4. The van der Waals surface area contributed by atoms with Gasteiger partial charge in [0.05, 0.1) is 0 Å². The van der Waals surface area contributed by atoms with E-state index in [2.05, 4.69) is 78.3 Å². The third-order valence-electron chi connectivity index (χ3n) is 3.77. The predicted octanol–water partition coefficient (Wildman–Crippen LogP) is 4.97. The zero-order valence-corrected chi connectivity index (χ0v) is 13.8. The van der Waals surface area contributed by atoms with Crippen LogP contribution in [0.25, 0.3) is 10.8 Å². The summed E-state index contributed by atoms with van der Waals surface area (Å²) >= 11 is 1.72. The van der Waals surface area contributed by atoms with E-state index in [-0.39, 0.29) is 6.10 Å². The van der Waals surface area contributed by atoms with Gasteiger partial charge in [-0.25, -0.2) is 0 Å². The van der Waals surface area contributed by atoms with Crippen molar-refractivity contribution in [2.45, 2.75) is 12.5 Å². The Morgan fingerprint density at radius 1 is 1.05 bits per heavy atom. The highest BCUT2D eigenvalue weighted by molar-refractivity contribution is 7.07. The smallest absolute Gasteiger partial charge is 0.128 e. The lowest BCUT2D eigenvalue weighted by atomic mass is 10.1. The molecule has 0 saturated carbocycles. The van der Waals surface area contributed by atoms with Crippen LogP contribution in [0.3, 0.4) is 0 Å². The molecule has 1 atom stereocenters. The van der Waals surface area contributed by atoms with Crippen LogP contribution in [0.1, 0.15) is 18.1 Å². The Morgan fingerprint density at radius 3 is 2.64 bits per heavy atom. The molecule has 0 aliphatic carbocycles. The molecule has 0 radical (unpaired) electrons. The number of thiophene rings is 1.